The lowest BCUT2D eigenvalue weighted by molar-refractivity contribution is -0.116. The lowest BCUT2D eigenvalue weighted by Crippen LogP contribution is -2.39. The predicted octanol–water partition coefficient (Wildman–Crippen LogP) is 8.21. The maximum atomic E-state index is 13.5. The molecule has 5 rings (SSSR count). The molecule has 0 bridgehead atoms. The molecular weight excluding hydrogens is 533 g/mol. The number of ketones is 1. The standard InChI is InChI=1S/C31H27Cl2N3OS/c1-18-14-20(17-38-24-12-8-22(33)9-13-24)19(2)25(15-18)29-26(16-34)31(35)36(23-10-6-21(32)7-11-23)27-4-3-5-28(37)30(27)29/h6-15,29H,3-5,17,35H2,1-2H3. The van der Waals surface area contributed by atoms with Crippen molar-refractivity contribution in [1.29, 1.82) is 5.26 Å². The van der Waals surface area contributed by atoms with E-state index in [2.05, 4.69) is 32.0 Å². The molecule has 7 heteroatoms. The predicted molar refractivity (Wildman–Crippen MR) is 156 cm³/mol. The van der Waals surface area contributed by atoms with Crippen molar-refractivity contribution in [3.8, 4) is 6.07 Å². The molecule has 1 atom stereocenters. The number of nitriles is 1. The van der Waals surface area contributed by atoms with Gasteiger partial charge in [0.15, 0.2) is 5.78 Å². The molecule has 0 spiro atoms. The minimum absolute atomic E-state index is 0.0773. The molecule has 0 fully saturated rings. The van der Waals surface area contributed by atoms with Crippen molar-refractivity contribution in [3.63, 3.8) is 0 Å². The fourth-order valence-electron chi connectivity index (χ4n) is 5.39. The Labute approximate surface area is 237 Å². The molecule has 3 aromatic carbocycles. The molecule has 192 valence electrons. The first-order valence-corrected chi connectivity index (χ1v) is 14.2. The highest BCUT2D eigenvalue weighted by Crippen LogP contribution is 2.47. The molecule has 0 aromatic heterocycles. The normalized spacial score (nSPS) is 17.5. The maximum Gasteiger partial charge on any atom is 0.161 e. The molecule has 0 amide bonds. The second-order valence-corrected chi connectivity index (χ2v) is 11.6. The lowest BCUT2D eigenvalue weighted by atomic mass is 9.73. The van der Waals surface area contributed by atoms with Crippen LogP contribution >= 0.6 is 35.0 Å². The third-order valence-corrected chi connectivity index (χ3v) is 8.78. The van der Waals surface area contributed by atoms with Crippen molar-refractivity contribution in [2.45, 2.75) is 49.7 Å². The summed E-state index contributed by atoms with van der Waals surface area (Å²) in [5.41, 5.74) is 13.8. The van der Waals surface area contributed by atoms with E-state index in [9.17, 15) is 10.1 Å². The number of halogens is 2. The van der Waals surface area contributed by atoms with E-state index in [-0.39, 0.29) is 5.78 Å². The first-order chi connectivity index (χ1) is 18.3. The van der Waals surface area contributed by atoms with Crippen molar-refractivity contribution in [1.82, 2.24) is 0 Å². The fourth-order valence-corrected chi connectivity index (χ4v) is 6.59. The van der Waals surface area contributed by atoms with Crippen LogP contribution in [0.25, 0.3) is 0 Å². The average molecular weight is 561 g/mol. The van der Waals surface area contributed by atoms with Gasteiger partial charge in [-0.3, -0.25) is 9.69 Å². The highest BCUT2D eigenvalue weighted by molar-refractivity contribution is 7.98. The van der Waals surface area contributed by atoms with Crippen molar-refractivity contribution in [2.75, 3.05) is 4.90 Å². The van der Waals surface area contributed by atoms with Crippen molar-refractivity contribution in [3.05, 3.63) is 116 Å². The van der Waals surface area contributed by atoms with Crippen LogP contribution in [0, 0.1) is 25.2 Å². The number of nitrogens with two attached hydrogens (primary N) is 1. The van der Waals surface area contributed by atoms with Crippen LogP contribution in [-0.2, 0) is 10.5 Å². The summed E-state index contributed by atoms with van der Waals surface area (Å²) in [6.07, 6.45) is 1.93. The lowest BCUT2D eigenvalue weighted by Gasteiger charge is -2.40. The summed E-state index contributed by atoms with van der Waals surface area (Å²) in [4.78, 5) is 16.5. The smallest absolute Gasteiger partial charge is 0.161 e. The summed E-state index contributed by atoms with van der Waals surface area (Å²) in [5, 5.41) is 11.7. The van der Waals surface area contributed by atoms with Gasteiger partial charge in [0.25, 0.3) is 0 Å². The Bertz CT molecular complexity index is 1520. The number of rotatable bonds is 5. The molecule has 0 saturated heterocycles. The number of aryl methyl sites for hydroxylation is 1. The molecule has 1 heterocycles. The van der Waals surface area contributed by atoms with E-state index in [1.807, 2.05) is 41.3 Å². The van der Waals surface area contributed by atoms with E-state index in [1.165, 1.54) is 5.56 Å². The molecule has 0 radical (unpaired) electrons. The average Bonchev–Trinajstić information content (AvgIpc) is 2.90. The van der Waals surface area contributed by atoms with E-state index in [1.54, 1.807) is 23.9 Å². The SMILES string of the molecule is Cc1cc(CSc2ccc(Cl)cc2)c(C)c(C2C(C#N)=C(N)N(c3ccc(Cl)cc3)C3=C2C(=O)CCC3)c1. The zero-order valence-corrected chi connectivity index (χ0v) is 23.6. The second kappa shape index (κ2) is 10.9. The number of benzene rings is 3. The van der Waals surface area contributed by atoms with E-state index >= 15 is 0 Å². The van der Waals surface area contributed by atoms with Crippen molar-refractivity contribution < 1.29 is 4.79 Å². The summed E-state index contributed by atoms with van der Waals surface area (Å²) in [7, 11) is 0. The number of Topliss-reactive ketones (excluding diaryl/α,β-unsaturated/α-hetero) is 1. The fraction of sp³-hybridized carbons (Fsp3) is 0.226. The van der Waals surface area contributed by atoms with Crippen LogP contribution in [0.3, 0.4) is 0 Å². The van der Waals surface area contributed by atoms with E-state index in [0.29, 0.717) is 39.9 Å². The topological polar surface area (TPSA) is 70.1 Å². The van der Waals surface area contributed by atoms with Crippen LogP contribution in [0.4, 0.5) is 5.69 Å². The maximum absolute atomic E-state index is 13.5. The van der Waals surface area contributed by atoms with Crippen LogP contribution in [-0.4, -0.2) is 5.78 Å². The number of carbonyl (C=O) groups is 1. The van der Waals surface area contributed by atoms with Gasteiger partial charge in [-0.15, -0.1) is 11.8 Å². The third kappa shape index (κ3) is 4.97. The molecular formula is C31H27Cl2N3OS. The number of anilines is 1. The van der Waals surface area contributed by atoms with E-state index in [0.717, 1.165) is 45.1 Å². The van der Waals surface area contributed by atoms with Crippen LogP contribution < -0.4 is 10.6 Å². The Morgan fingerprint density at radius 2 is 1.68 bits per heavy atom. The van der Waals surface area contributed by atoms with Gasteiger partial charge >= 0.3 is 0 Å². The number of thioether (sulfide) groups is 1. The zero-order chi connectivity index (χ0) is 27.0. The molecule has 4 nitrogen and oxygen atoms in total. The highest BCUT2D eigenvalue weighted by Gasteiger charge is 2.41. The van der Waals surface area contributed by atoms with Gasteiger partial charge < -0.3 is 5.73 Å². The summed E-state index contributed by atoms with van der Waals surface area (Å²) in [6, 6.07) is 21.8. The highest BCUT2D eigenvalue weighted by atomic mass is 35.5. The monoisotopic (exact) mass is 559 g/mol. The van der Waals surface area contributed by atoms with Crippen LogP contribution in [0.15, 0.2) is 88.2 Å². The number of nitrogens with zero attached hydrogens (tertiary/aromatic N) is 2. The zero-order valence-electron chi connectivity index (χ0n) is 21.2. The molecule has 2 N–H and O–H groups in total. The van der Waals surface area contributed by atoms with Gasteiger partial charge in [0.1, 0.15) is 5.82 Å². The summed E-state index contributed by atoms with van der Waals surface area (Å²) in [5.74, 6) is 0.706. The molecule has 1 aliphatic heterocycles. The molecule has 3 aromatic rings. The van der Waals surface area contributed by atoms with Crippen molar-refractivity contribution in [2.24, 2.45) is 5.73 Å². The van der Waals surface area contributed by atoms with Gasteiger partial charge in [0.2, 0.25) is 0 Å². The molecule has 1 aliphatic carbocycles. The van der Waals surface area contributed by atoms with Crippen LogP contribution in [0.1, 0.15) is 47.4 Å². The number of allylic oxidation sites excluding steroid dienone is 3. The Morgan fingerprint density at radius 1 is 1.03 bits per heavy atom. The minimum atomic E-state index is -0.495. The quantitative estimate of drug-likeness (QED) is 0.319. The molecule has 38 heavy (non-hydrogen) atoms. The van der Waals surface area contributed by atoms with Crippen LogP contribution in [0.5, 0.6) is 0 Å². The first kappa shape index (κ1) is 26.4. The van der Waals surface area contributed by atoms with Gasteiger partial charge in [-0.2, -0.15) is 5.26 Å². The molecule has 0 saturated carbocycles. The summed E-state index contributed by atoms with van der Waals surface area (Å²) < 4.78 is 0. The largest absolute Gasteiger partial charge is 0.384 e. The summed E-state index contributed by atoms with van der Waals surface area (Å²) >= 11 is 13.9. The van der Waals surface area contributed by atoms with Crippen LogP contribution in [0.2, 0.25) is 10.0 Å². The van der Waals surface area contributed by atoms with Gasteiger partial charge in [-0.05, 0) is 91.9 Å². The Kier molecular flexibility index (Phi) is 7.59. The van der Waals surface area contributed by atoms with E-state index in [4.69, 9.17) is 28.9 Å². The van der Waals surface area contributed by atoms with Gasteiger partial charge in [0.05, 0.1) is 17.6 Å². The third-order valence-electron chi connectivity index (χ3n) is 7.22. The van der Waals surface area contributed by atoms with Gasteiger partial charge in [0, 0.05) is 44.1 Å². The number of hydrogen-bond donors (Lipinski definition) is 1. The van der Waals surface area contributed by atoms with Crippen molar-refractivity contribution >= 4 is 46.4 Å². The molecule has 2 aliphatic rings. The Morgan fingerprint density at radius 3 is 2.34 bits per heavy atom. The Hall–Kier alpha value is -3.17. The number of hydrogen-bond acceptors (Lipinski definition) is 5. The van der Waals surface area contributed by atoms with Gasteiger partial charge in [-0.25, -0.2) is 0 Å². The number of carbonyl (C=O) groups excluding carboxylic acids is 1. The summed E-state index contributed by atoms with van der Waals surface area (Å²) in [6.45, 7) is 4.14. The second-order valence-electron chi connectivity index (χ2n) is 9.67. The van der Waals surface area contributed by atoms with E-state index < -0.39 is 5.92 Å². The Balaban J connectivity index is 1.62. The van der Waals surface area contributed by atoms with Gasteiger partial charge in [-0.1, -0.05) is 40.9 Å². The minimum Gasteiger partial charge on any atom is -0.384 e. The first-order valence-electron chi connectivity index (χ1n) is 12.5. The molecule has 1 unspecified atom stereocenters.